The van der Waals surface area contributed by atoms with Crippen molar-refractivity contribution in [1.29, 1.82) is 0 Å². The van der Waals surface area contributed by atoms with Gasteiger partial charge in [-0.3, -0.25) is 9.59 Å². The molecule has 0 saturated heterocycles. The fraction of sp³-hybridized carbons (Fsp3) is 0.538. The van der Waals surface area contributed by atoms with Crippen molar-refractivity contribution in [3.05, 3.63) is 10.6 Å². The Bertz CT molecular complexity index is 540. The van der Waals surface area contributed by atoms with E-state index < -0.39 is 0 Å². The van der Waals surface area contributed by atoms with E-state index in [1.54, 1.807) is 0 Å². The van der Waals surface area contributed by atoms with Gasteiger partial charge in [-0.1, -0.05) is 18.3 Å². The molecule has 0 saturated carbocycles. The van der Waals surface area contributed by atoms with Crippen molar-refractivity contribution in [2.75, 3.05) is 6.54 Å². The zero-order chi connectivity index (χ0) is 16.5. The summed E-state index contributed by atoms with van der Waals surface area (Å²) in [5.74, 6) is 0.208. The second-order valence-corrected chi connectivity index (χ2v) is 5.80. The van der Waals surface area contributed by atoms with E-state index in [9.17, 15) is 4.79 Å². The minimum Gasteiger partial charge on any atom is -0.483 e. The van der Waals surface area contributed by atoms with Crippen LogP contribution in [-0.4, -0.2) is 35.0 Å². The Kier molecular flexibility index (Phi) is 7.30. The van der Waals surface area contributed by atoms with Crippen molar-refractivity contribution in [3.8, 4) is 0 Å². The summed E-state index contributed by atoms with van der Waals surface area (Å²) in [6, 6.07) is 0. The number of carboxylic acid groups (broad SMARTS) is 1. The normalized spacial score (nSPS) is 15.8. The molecular formula is C13H21N5O3S. The molecule has 0 spiro atoms. The monoisotopic (exact) mass is 327 g/mol. The Morgan fingerprint density at radius 2 is 2.27 bits per heavy atom. The van der Waals surface area contributed by atoms with Gasteiger partial charge in [0.1, 0.15) is 0 Å². The number of aromatic nitrogens is 1. The van der Waals surface area contributed by atoms with Crippen molar-refractivity contribution in [1.82, 2.24) is 10.3 Å². The largest absolute Gasteiger partial charge is 0.483 e. The van der Waals surface area contributed by atoms with Crippen LogP contribution in [0.4, 0.5) is 5.13 Å². The fourth-order valence-electron chi connectivity index (χ4n) is 2.14. The maximum absolute atomic E-state index is 12.0. The predicted octanol–water partition coefficient (Wildman–Crippen LogP) is 0.380. The number of rotatable bonds is 4. The Balaban J connectivity index is 0.000000745. The van der Waals surface area contributed by atoms with Crippen LogP contribution in [-0.2, 0) is 22.4 Å². The van der Waals surface area contributed by atoms with Gasteiger partial charge in [0.25, 0.3) is 6.47 Å². The second-order valence-electron chi connectivity index (χ2n) is 4.74. The number of thiazole rings is 1. The zero-order valence-electron chi connectivity index (χ0n) is 12.4. The number of fused-ring (bicyclic) bond motifs is 1. The van der Waals surface area contributed by atoms with Gasteiger partial charge in [0.15, 0.2) is 5.96 Å². The van der Waals surface area contributed by atoms with E-state index in [-0.39, 0.29) is 24.3 Å². The molecule has 0 unspecified atom stereocenters. The molecule has 1 aromatic heterocycles. The molecule has 0 radical (unpaired) electrons. The van der Waals surface area contributed by atoms with Gasteiger partial charge in [0.05, 0.1) is 5.69 Å². The Morgan fingerprint density at radius 3 is 2.86 bits per heavy atom. The topological polar surface area (TPSA) is 144 Å². The number of nitrogens with zero attached hydrogens (tertiary/aromatic N) is 2. The molecule has 122 valence electrons. The summed E-state index contributed by atoms with van der Waals surface area (Å²) in [5, 5.41) is 10.4. The molecule has 1 aromatic rings. The minimum atomic E-state index is -0.250. The summed E-state index contributed by atoms with van der Waals surface area (Å²) in [6.45, 7) is 2.54. The van der Waals surface area contributed by atoms with Crippen LogP contribution < -0.4 is 16.8 Å². The molecule has 2 rings (SSSR count). The second kappa shape index (κ2) is 8.98. The number of hydrogen-bond acceptors (Lipinski definition) is 5. The van der Waals surface area contributed by atoms with Gasteiger partial charge >= 0.3 is 0 Å². The first-order valence-electron chi connectivity index (χ1n) is 6.95. The molecule has 1 heterocycles. The summed E-state index contributed by atoms with van der Waals surface area (Å²) >= 11 is 1.47. The summed E-state index contributed by atoms with van der Waals surface area (Å²) in [6.07, 6.45) is 3.35. The van der Waals surface area contributed by atoms with Crippen molar-refractivity contribution in [2.45, 2.75) is 32.6 Å². The van der Waals surface area contributed by atoms with Crippen molar-refractivity contribution in [3.63, 3.8) is 0 Å². The average molecular weight is 327 g/mol. The van der Waals surface area contributed by atoms with E-state index in [0.717, 1.165) is 42.8 Å². The van der Waals surface area contributed by atoms with E-state index in [0.29, 0.717) is 5.13 Å². The molecule has 0 aliphatic heterocycles. The highest BCUT2D eigenvalue weighted by Gasteiger charge is 2.27. The Hall–Kier alpha value is -2.16. The number of hydrogen-bond donors (Lipinski definition) is 4. The van der Waals surface area contributed by atoms with Crippen LogP contribution in [0.1, 0.15) is 30.3 Å². The van der Waals surface area contributed by atoms with Crippen molar-refractivity contribution >= 4 is 34.8 Å². The van der Waals surface area contributed by atoms with Crippen molar-refractivity contribution in [2.24, 2.45) is 22.4 Å². The first-order valence-corrected chi connectivity index (χ1v) is 7.77. The third kappa shape index (κ3) is 5.32. The van der Waals surface area contributed by atoms with Crippen LogP contribution in [0.15, 0.2) is 4.99 Å². The fourth-order valence-corrected chi connectivity index (χ4v) is 3.21. The summed E-state index contributed by atoms with van der Waals surface area (Å²) in [5.41, 5.74) is 11.7. The lowest BCUT2D eigenvalue weighted by atomic mass is 9.90. The standard InChI is InChI=1S/C12H19N5OS.CH2O2/c1-2-5-15-10(18)7-3-4-8-9(6-7)19-12(16-8)17-11(13)14;2-1-3/h7H,2-6H2,1H3,(H,15,18)(H4,13,14,16,17);1H,(H,2,3)/t7-;/m0./s1. The van der Waals surface area contributed by atoms with E-state index in [2.05, 4.69) is 15.3 Å². The smallest absolute Gasteiger partial charge is 0.290 e. The molecular weight excluding hydrogens is 306 g/mol. The molecule has 9 heteroatoms. The van der Waals surface area contributed by atoms with E-state index in [1.165, 1.54) is 11.3 Å². The maximum Gasteiger partial charge on any atom is 0.290 e. The van der Waals surface area contributed by atoms with E-state index in [4.69, 9.17) is 21.4 Å². The zero-order valence-corrected chi connectivity index (χ0v) is 13.2. The highest BCUT2D eigenvalue weighted by Crippen LogP contribution is 2.33. The molecule has 6 N–H and O–H groups in total. The molecule has 0 bridgehead atoms. The summed E-state index contributed by atoms with van der Waals surface area (Å²) in [7, 11) is 0. The first-order chi connectivity index (χ1) is 10.5. The summed E-state index contributed by atoms with van der Waals surface area (Å²) < 4.78 is 0. The third-order valence-corrected chi connectivity index (χ3v) is 4.09. The molecule has 22 heavy (non-hydrogen) atoms. The number of aliphatic imine (C=N–C) groups is 1. The molecule has 0 aromatic carbocycles. The van der Waals surface area contributed by atoms with Crippen LogP contribution in [0.25, 0.3) is 0 Å². The molecule has 1 aliphatic rings. The van der Waals surface area contributed by atoms with Crippen LogP contribution in [0.5, 0.6) is 0 Å². The predicted molar refractivity (Wildman–Crippen MR) is 85.1 cm³/mol. The molecule has 8 nitrogen and oxygen atoms in total. The summed E-state index contributed by atoms with van der Waals surface area (Å²) in [4.78, 5) is 29.8. The van der Waals surface area contributed by atoms with Crippen LogP contribution in [0.3, 0.4) is 0 Å². The van der Waals surface area contributed by atoms with E-state index in [1.807, 2.05) is 6.92 Å². The minimum absolute atomic E-state index is 0.0170. The van der Waals surface area contributed by atoms with Crippen LogP contribution >= 0.6 is 11.3 Å². The Labute approximate surface area is 132 Å². The van der Waals surface area contributed by atoms with E-state index >= 15 is 0 Å². The van der Waals surface area contributed by atoms with Gasteiger partial charge in [-0.15, -0.1) is 0 Å². The van der Waals surface area contributed by atoms with Gasteiger partial charge in [-0.25, -0.2) is 4.98 Å². The van der Waals surface area contributed by atoms with Gasteiger partial charge in [0, 0.05) is 17.3 Å². The van der Waals surface area contributed by atoms with Gasteiger partial charge in [-0.05, 0) is 25.7 Å². The van der Waals surface area contributed by atoms with Crippen LogP contribution in [0, 0.1) is 5.92 Å². The molecule has 1 atom stereocenters. The lowest BCUT2D eigenvalue weighted by Crippen LogP contribution is -2.34. The van der Waals surface area contributed by atoms with Gasteiger partial charge in [-0.2, -0.15) is 4.99 Å². The lowest BCUT2D eigenvalue weighted by Gasteiger charge is -2.20. The van der Waals surface area contributed by atoms with Crippen LogP contribution in [0.2, 0.25) is 0 Å². The maximum atomic E-state index is 12.0. The Morgan fingerprint density at radius 1 is 1.59 bits per heavy atom. The highest BCUT2D eigenvalue weighted by atomic mass is 32.1. The number of amides is 1. The molecule has 1 aliphatic carbocycles. The number of carbonyl (C=O) groups is 2. The highest BCUT2D eigenvalue weighted by molar-refractivity contribution is 7.15. The quantitative estimate of drug-likeness (QED) is 0.357. The van der Waals surface area contributed by atoms with Gasteiger partial charge < -0.3 is 21.9 Å². The SMILES string of the molecule is CCCNC(=O)[C@H]1CCc2nc(N=C(N)N)sc2C1.O=CO. The number of carbonyl (C=O) groups excluding carboxylic acids is 1. The average Bonchev–Trinajstić information content (AvgIpc) is 2.85. The molecule has 0 fully saturated rings. The number of nitrogens with two attached hydrogens (primary N) is 2. The number of aryl methyl sites for hydroxylation is 1. The molecule has 1 amide bonds. The number of nitrogens with one attached hydrogen (secondary N) is 1. The number of guanidine groups is 1. The lowest BCUT2D eigenvalue weighted by molar-refractivity contribution is -0.125. The van der Waals surface area contributed by atoms with Crippen molar-refractivity contribution < 1.29 is 14.7 Å². The third-order valence-electron chi connectivity index (χ3n) is 3.07. The van der Waals surface area contributed by atoms with Gasteiger partial charge in [0.2, 0.25) is 11.0 Å². The first kappa shape index (κ1) is 17.9.